The van der Waals surface area contributed by atoms with Crippen LogP contribution in [0.5, 0.6) is 0 Å². The van der Waals surface area contributed by atoms with E-state index in [1.807, 2.05) is 0 Å². The number of nitrogens with zero attached hydrogens (tertiary/aromatic N) is 2. The Bertz CT molecular complexity index is 967. The minimum Gasteiger partial charge on any atom is -0.461 e. The molecule has 1 aliphatic heterocycles. The van der Waals surface area contributed by atoms with E-state index in [1.165, 1.54) is 34.0 Å². The van der Waals surface area contributed by atoms with E-state index in [0.717, 1.165) is 11.3 Å². The summed E-state index contributed by atoms with van der Waals surface area (Å²) >= 11 is 1.07. The van der Waals surface area contributed by atoms with Crippen molar-refractivity contribution >= 4 is 38.4 Å². The molecule has 150 valence electrons. The lowest BCUT2D eigenvalue weighted by Crippen LogP contribution is -2.40. The number of benzene rings is 1. The molecule has 1 N–H and O–H groups in total. The highest BCUT2D eigenvalue weighted by Crippen LogP contribution is 2.20. The molecule has 2 aromatic rings. The second-order valence-corrected chi connectivity index (χ2v) is 8.55. The standard InChI is InChI=1S/C17H19N3O6S2/c1-2-26-16(22)14-11-27-17(18-14)19-15(21)12-4-3-5-13(10-12)28(23,24)20-6-8-25-9-7-20/h3-5,10-11H,2,6-9H2,1H3,(H,18,19,21). The molecule has 1 saturated heterocycles. The van der Waals surface area contributed by atoms with E-state index in [9.17, 15) is 18.0 Å². The van der Waals surface area contributed by atoms with Crippen LogP contribution in [-0.2, 0) is 19.5 Å². The summed E-state index contributed by atoms with van der Waals surface area (Å²) in [7, 11) is -3.71. The molecule has 1 aliphatic rings. The van der Waals surface area contributed by atoms with Gasteiger partial charge in [-0.15, -0.1) is 11.3 Å². The first-order chi connectivity index (χ1) is 13.4. The van der Waals surface area contributed by atoms with Gasteiger partial charge in [0, 0.05) is 24.0 Å². The van der Waals surface area contributed by atoms with E-state index in [4.69, 9.17) is 9.47 Å². The Morgan fingerprint density at radius 3 is 2.79 bits per heavy atom. The Balaban J connectivity index is 1.74. The topological polar surface area (TPSA) is 115 Å². The molecule has 0 aliphatic carbocycles. The summed E-state index contributed by atoms with van der Waals surface area (Å²) in [4.78, 5) is 28.2. The normalized spacial score (nSPS) is 15.2. The highest BCUT2D eigenvalue weighted by atomic mass is 32.2. The molecule has 9 nitrogen and oxygen atoms in total. The average Bonchev–Trinajstić information content (AvgIpc) is 3.17. The molecule has 0 radical (unpaired) electrons. The van der Waals surface area contributed by atoms with Gasteiger partial charge in [0.1, 0.15) is 0 Å². The zero-order chi connectivity index (χ0) is 20.1. The van der Waals surface area contributed by atoms with Gasteiger partial charge in [-0.25, -0.2) is 18.2 Å². The summed E-state index contributed by atoms with van der Waals surface area (Å²) in [6, 6.07) is 5.78. The molecule has 28 heavy (non-hydrogen) atoms. The number of rotatable bonds is 6. The molecule has 1 fully saturated rings. The summed E-state index contributed by atoms with van der Waals surface area (Å²) in [6.07, 6.45) is 0. The lowest BCUT2D eigenvalue weighted by molar-refractivity contribution is 0.0520. The molecule has 0 unspecified atom stereocenters. The Kier molecular flexibility index (Phi) is 6.39. The van der Waals surface area contributed by atoms with Gasteiger partial charge in [-0.05, 0) is 25.1 Å². The number of amides is 1. The van der Waals surface area contributed by atoms with E-state index in [0.29, 0.717) is 13.2 Å². The zero-order valence-corrected chi connectivity index (χ0v) is 16.7. The van der Waals surface area contributed by atoms with Crippen LogP contribution in [-0.4, -0.2) is 62.5 Å². The molecule has 0 saturated carbocycles. The van der Waals surface area contributed by atoms with Gasteiger partial charge < -0.3 is 9.47 Å². The fourth-order valence-corrected chi connectivity index (χ4v) is 4.66. The van der Waals surface area contributed by atoms with Crippen molar-refractivity contribution in [3.05, 3.63) is 40.9 Å². The van der Waals surface area contributed by atoms with Crippen molar-refractivity contribution in [2.45, 2.75) is 11.8 Å². The number of sulfonamides is 1. The summed E-state index contributed by atoms with van der Waals surface area (Å²) in [5.74, 6) is -1.10. The predicted molar refractivity (Wildman–Crippen MR) is 102 cm³/mol. The van der Waals surface area contributed by atoms with Crippen molar-refractivity contribution in [2.75, 3.05) is 38.2 Å². The molecule has 3 rings (SSSR count). The molecule has 0 atom stereocenters. The smallest absolute Gasteiger partial charge is 0.357 e. The van der Waals surface area contributed by atoms with Crippen LogP contribution in [0.1, 0.15) is 27.8 Å². The maximum atomic E-state index is 12.7. The summed E-state index contributed by atoms with van der Waals surface area (Å²) < 4.78 is 36.8. The van der Waals surface area contributed by atoms with Gasteiger partial charge in [0.05, 0.1) is 24.7 Å². The van der Waals surface area contributed by atoms with Crippen LogP contribution in [0.4, 0.5) is 5.13 Å². The molecule has 11 heteroatoms. The molecular formula is C17H19N3O6S2. The first-order valence-corrected chi connectivity index (χ1v) is 10.9. The fourth-order valence-electron chi connectivity index (χ4n) is 2.53. The first-order valence-electron chi connectivity index (χ1n) is 8.54. The number of morpholine rings is 1. The Labute approximate surface area is 166 Å². The third-order valence-corrected chi connectivity index (χ3v) is 6.57. The fraction of sp³-hybridized carbons (Fsp3) is 0.353. The van der Waals surface area contributed by atoms with Crippen LogP contribution in [0.25, 0.3) is 0 Å². The van der Waals surface area contributed by atoms with E-state index >= 15 is 0 Å². The van der Waals surface area contributed by atoms with E-state index in [1.54, 1.807) is 6.92 Å². The number of nitrogens with one attached hydrogen (secondary N) is 1. The highest BCUT2D eigenvalue weighted by molar-refractivity contribution is 7.89. The molecule has 1 amide bonds. The second-order valence-electron chi connectivity index (χ2n) is 5.76. The number of hydrogen-bond acceptors (Lipinski definition) is 8. The Hall–Kier alpha value is -2.34. The maximum absolute atomic E-state index is 12.7. The molecular weight excluding hydrogens is 406 g/mol. The number of ether oxygens (including phenoxy) is 2. The van der Waals surface area contributed by atoms with Crippen molar-refractivity contribution in [1.82, 2.24) is 9.29 Å². The van der Waals surface area contributed by atoms with Crippen molar-refractivity contribution in [3.63, 3.8) is 0 Å². The number of thiazole rings is 1. The van der Waals surface area contributed by atoms with Gasteiger partial charge in [0.2, 0.25) is 10.0 Å². The third-order valence-electron chi connectivity index (χ3n) is 3.91. The SMILES string of the molecule is CCOC(=O)c1csc(NC(=O)c2cccc(S(=O)(=O)N3CCOCC3)c2)n1. The van der Waals surface area contributed by atoms with Crippen molar-refractivity contribution in [1.29, 1.82) is 0 Å². The minimum absolute atomic E-state index is 0.0356. The van der Waals surface area contributed by atoms with Crippen molar-refractivity contribution in [3.8, 4) is 0 Å². The number of hydrogen-bond donors (Lipinski definition) is 1. The van der Waals surface area contributed by atoms with E-state index in [2.05, 4.69) is 10.3 Å². The van der Waals surface area contributed by atoms with Crippen LogP contribution < -0.4 is 5.32 Å². The molecule has 0 bridgehead atoms. The molecule has 0 spiro atoms. The number of anilines is 1. The van der Waals surface area contributed by atoms with Gasteiger partial charge in [-0.3, -0.25) is 10.1 Å². The highest BCUT2D eigenvalue weighted by Gasteiger charge is 2.27. The van der Waals surface area contributed by atoms with Crippen LogP contribution in [0.15, 0.2) is 34.5 Å². The van der Waals surface area contributed by atoms with Crippen molar-refractivity contribution in [2.24, 2.45) is 0 Å². The molecule has 2 heterocycles. The average molecular weight is 425 g/mol. The molecule has 1 aromatic carbocycles. The maximum Gasteiger partial charge on any atom is 0.357 e. The van der Waals surface area contributed by atoms with Crippen LogP contribution in [0, 0.1) is 0 Å². The largest absolute Gasteiger partial charge is 0.461 e. The first kappa shape index (κ1) is 20.4. The summed E-state index contributed by atoms with van der Waals surface area (Å²) in [5.41, 5.74) is 0.271. The minimum atomic E-state index is -3.71. The number of esters is 1. The van der Waals surface area contributed by atoms with Gasteiger partial charge in [-0.1, -0.05) is 6.07 Å². The van der Waals surface area contributed by atoms with Gasteiger partial charge >= 0.3 is 5.97 Å². The molecule has 1 aromatic heterocycles. The number of carbonyl (C=O) groups is 2. The summed E-state index contributed by atoms with van der Waals surface area (Å²) in [6.45, 7) is 3.13. The van der Waals surface area contributed by atoms with Crippen molar-refractivity contribution < 1.29 is 27.5 Å². The monoisotopic (exact) mass is 425 g/mol. The number of carbonyl (C=O) groups excluding carboxylic acids is 2. The van der Waals surface area contributed by atoms with Crippen LogP contribution >= 0.6 is 11.3 Å². The van der Waals surface area contributed by atoms with Gasteiger partial charge in [0.15, 0.2) is 10.8 Å². The quantitative estimate of drug-likeness (QED) is 0.699. The van der Waals surface area contributed by atoms with E-state index < -0.39 is 21.9 Å². The Morgan fingerprint density at radius 2 is 2.07 bits per heavy atom. The lowest BCUT2D eigenvalue weighted by Gasteiger charge is -2.26. The zero-order valence-electron chi connectivity index (χ0n) is 15.1. The Morgan fingerprint density at radius 1 is 1.32 bits per heavy atom. The van der Waals surface area contributed by atoms with Crippen LogP contribution in [0.3, 0.4) is 0 Å². The van der Waals surface area contributed by atoms with Gasteiger partial charge in [0.25, 0.3) is 5.91 Å². The number of aromatic nitrogens is 1. The second kappa shape index (κ2) is 8.78. The third kappa shape index (κ3) is 4.55. The summed E-state index contributed by atoms with van der Waals surface area (Å²) in [5, 5.41) is 4.26. The van der Waals surface area contributed by atoms with Gasteiger partial charge in [-0.2, -0.15) is 4.31 Å². The van der Waals surface area contributed by atoms with E-state index in [-0.39, 0.29) is 41.0 Å². The van der Waals surface area contributed by atoms with Crippen LogP contribution in [0.2, 0.25) is 0 Å². The predicted octanol–water partition coefficient (Wildman–Crippen LogP) is 1.59. The lowest BCUT2D eigenvalue weighted by atomic mass is 10.2.